The van der Waals surface area contributed by atoms with E-state index in [0.29, 0.717) is 10.8 Å². The fourth-order valence-electron chi connectivity index (χ4n) is 2.12. The van der Waals surface area contributed by atoms with E-state index in [1.807, 2.05) is 0 Å². The molecule has 0 aliphatic carbocycles. The zero-order chi connectivity index (χ0) is 9.78. The second-order valence-electron chi connectivity index (χ2n) is 4.21. The molecule has 82 valence electrons. The Morgan fingerprint density at radius 1 is 1.00 bits per heavy atom. The van der Waals surface area contributed by atoms with Crippen molar-refractivity contribution in [3.8, 4) is 0 Å². The maximum atomic E-state index is 6.31. The molecule has 13 heavy (non-hydrogen) atoms. The fraction of sp³-hybridized carbons (Fsp3) is 1.00. The first kappa shape index (κ1) is 16.0. The molecule has 0 spiro atoms. The van der Waals surface area contributed by atoms with Crippen molar-refractivity contribution in [2.24, 2.45) is 11.3 Å². The lowest BCUT2D eigenvalue weighted by Gasteiger charge is -2.37. The molecule has 0 amide bonds. The van der Waals surface area contributed by atoms with Crippen LogP contribution in [0.15, 0.2) is 0 Å². The molecule has 0 nitrogen and oxygen atoms in total. The van der Waals surface area contributed by atoms with Gasteiger partial charge in [-0.3, -0.25) is 0 Å². The van der Waals surface area contributed by atoms with Gasteiger partial charge in [0.05, 0.1) is 0 Å². The van der Waals surface area contributed by atoms with E-state index in [4.69, 9.17) is 11.6 Å². The van der Waals surface area contributed by atoms with Crippen molar-refractivity contribution in [2.45, 2.75) is 59.3 Å². The predicted molar refractivity (Wildman–Crippen MR) is 65.0 cm³/mol. The van der Waals surface area contributed by atoms with E-state index in [-0.39, 0.29) is 12.4 Å². The van der Waals surface area contributed by atoms with Crippen molar-refractivity contribution in [3.05, 3.63) is 0 Å². The molecule has 1 atom stereocenters. The van der Waals surface area contributed by atoms with Crippen LogP contribution in [-0.4, -0.2) is 5.38 Å². The Morgan fingerprint density at radius 3 is 1.62 bits per heavy atom. The Balaban J connectivity index is 0. The van der Waals surface area contributed by atoms with Crippen LogP contribution in [0.3, 0.4) is 0 Å². The van der Waals surface area contributed by atoms with Crippen molar-refractivity contribution < 1.29 is 0 Å². The Hall–Kier alpha value is 0.580. The molecule has 0 rings (SSSR count). The summed E-state index contributed by atoms with van der Waals surface area (Å²) >= 11 is 6.31. The number of rotatable bonds is 5. The molecule has 1 unspecified atom stereocenters. The number of hydrogen-bond donors (Lipinski definition) is 0. The second kappa shape index (κ2) is 6.95. The summed E-state index contributed by atoms with van der Waals surface area (Å²) in [7, 11) is 0. The van der Waals surface area contributed by atoms with Crippen molar-refractivity contribution in [1.82, 2.24) is 0 Å². The summed E-state index contributed by atoms with van der Waals surface area (Å²) in [6.45, 7) is 11.3. The molecule has 2 heteroatoms. The fourth-order valence-corrected chi connectivity index (χ4v) is 2.30. The molecule has 0 aliphatic rings. The van der Waals surface area contributed by atoms with Gasteiger partial charge in [-0.15, -0.1) is 24.0 Å². The van der Waals surface area contributed by atoms with Crippen molar-refractivity contribution >= 4 is 24.0 Å². The van der Waals surface area contributed by atoms with Crippen LogP contribution in [0.25, 0.3) is 0 Å². The van der Waals surface area contributed by atoms with Crippen LogP contribution in [0, 0.1) is 11.3 Å². The maximum absolute atomic E-state index is 6.31. The van der Waals surface area contributed by atoms with Gasteiger partial charge >= 0.3 is 0 Å². The van der Waals surface area contributed by atoms with E-state index in [0.717, 1.165) is 12.3 Å². The molecule has 0 fully saturated rings. The van der Waals surface area contributed by atoms with Crippen molar-refractivity contribution in [2.75, 3.05) is 0 Å². The van der Waals surface area contributed by atoms with E-state index < -0.39 is 0 Å². The molecule has 0 bridgehead atoms. The molecule has 0 N–H and O–H groups in total. The van der Waals surface area contributed by atoms with E-state index in [1.165, 1.54) is 12.8 Å². The molecule has 0 heterocycles. The Bertz CT molecular complexity index is 117. The third kappa shape index (κ3) is 4.08. The number of halogens is 2. The van der Waals surface area contributed by atoms with Gasteiger partial charge in [-0.2, -0.15) is 0 Å². The lowest BCUT2D eigenvalue weighted by atomic mass is 9.72. The number of hydrogen-bond acceptors (Lipinski definition) is 0. The summed E-state index contributed by atoms with van der Waals surface area (Å²) in [4.78, 5) is 0. The van der Waals surface area contributed by atoms with Gasteiger partial charge in [0.1, 0.15) is 0 Å². The third-order valence-electron chi connectivity index (χ3n) is 3.20. The molecule has 0 aromatic heterocycles. The summed E-state index contributed by atoms with van der Waals surface area (Å²) in [6.07, 6.45) is 3.56. The normalized spacial score (nSPS) is 14.1. The molecule has 0 saturated heterocycles. The van der Waals surface area contributed by atoms with Gasteiger partial charge < -0.3 is 0 Å². The standard InChI is InChI=1S/C11H23Cl.ClH/c1-6-9(7-2)11(4,5)10(12)8-3;/h9-10H,6-8H2,1-5H3;1H. The highest BCUT2D eigenvalue weighted by atomic mass is 35.5. The summed E-state index contributed by atoms with van der Waals surface area (Å²) < 4.78 is 0. The Kier molecular flexibility index (Phi) is 8.57. The first-order chi connectivity index (χ1) is 5.50. The zero-order valence-corrected chi connectivity index (χ0v) is 11.1. The summed E-state index contributed by atoms with van der Waals surface area (Å²) in [5.41, 5.74) is 0.291. The Labute approximate surface area is 94.8 Å². The highest BCUT2D eigenvalue weighted by molar-refractivity contribution is 6.21. The lowest BCUT2D eigenvalue weighted by molar-refractivity contribution is 0.186. The van der Waals surface area contributed by atoms with Gasteiger partial charge in [-0.25, -0.2) is 0 Å². The van der Waals surface area contributed by atoms with E-state index in [2.05, 4.69) is 34.6 Å². The average Bonchev–Trinajstić information content (AvgIpc) is 2.04. The largest absolute Gasteiger partial charge is 0.147 e. The highest BCUT2D eigenvalue weighted by Crippen LogP contribution is 2.39. The first-order valence-corrected chi connectivity index (χ1v) is 5.58. The monoisotopic (exact) mass is 226 g/mol. The zero-order valence-electron chi connectivity index (χ0n) is 9.56. The van der Waals surface area contributed by atoms with Crippen molar-refractivity contribution in [1.29, 1.82) is 0 Å². The summed E-state index contributed by atoms with van der Waals surface area (Å²) in [5.74, 6) is 0.764. The topological polar surface area (TPSA) is 0 Å². The number of alkyl halides is 1. The highest BCUT2D eigenvalue weighted by Gasteiger charge is 2.32. The van der Waals surface area contributed by atoms with E-state index in [1.54, 1.807) is 0 Å². The van der Waals surface area contributed by atoms with Crippen LogP contribution in [-0.2, 0) is 0 Å². The van der Waals surface area contributed by atoms with Crippen LogP contribution in [0.4, 0.5) is 0 Å². The molecular weight excluding hydrogens is 203 g/mol. The molecule has 0 radical (unpaired) electrons. The van der Waals surface area contributed by atoms with Crippen LogP contribution in [0.1, 0.15) is 53.9 Å². The van der Waals surface area contributed by atoms with E-state index in [9.17, 15) is 0 Å². The second-order valence-corrected chi connectivity index (χ2v) is 4.74. The van der Waals surface area contributed by atoms with Crippen LogP contribution in [0.5, 0.6) is 0 Å². The van der Waals surface area contributed by atoms with Gasteiger partial charge in [-0.1, -0.05) is 47.5 Å². The predicted octanol–water partition coefficient (Wildman–Crippen LogP) is 4.89. The lowest BCUT2D eigenvalue weighted by Crippen LogP contribution is -2.32. The minimum absolute atomic E-state index is 0. The van der Waals surface area contributed by atoms with Gasteiger partial charge in [0, 0.05) is 5.38 Å². The van der Waals surface area contributed by atoms with Gasteiger partial charge in [0.2, 0.25) is 0 Å². The quantitative estimate of drug-likeness (QED) is 0.586. The average molecular weight is 227 g/mol. The first-order valence-electron chi connectivity index (χ1n) is 5.14. The van der Waals surface area contributed by atoms with Crippen LogP contribution in [0.2, 0.25) is 0 Å². The van der Waals surface area contributed by atoms with Crippen molar-refractivity contribution in [3.63, 3.8) is 0 Å². The molecular formula is C11H24Cl2. The smallest absolute Gasteiger partial charge is 0.0387 e. The minimum atomic E-state index is 0. The third-order valence-corrected chi connectivity index (χ3v) is 4.07. The van der Waals surface area contributed by atoms with Gasteiger partial charge in [0.25, 0.3) is 0 Å². The molecule has 0 aromatic rings. The molecule has 0 aliphatic heterocycles. The summed E-state index contributed by atoms with van der Waals surface area (Å²) in [5, 5.41) is 0.322. The SMILES string of the molecule is CCC(Cl)C(C)(C)C(CC)CC.Cl. The van der Waals surface area contributed by atoms with E-state index >= 15 is 0 Å². The molecule has 0 saturated carbocycles. The molecule has 0 aromatic carbocycles. The van der Waals surface area contributed by atoms with Gasteiger partial charge in [0.15, 0.2) is 0 Å². The van der Waals surface area contributed by atoms with Crippen LogP contribution >= 0.6 is 24.0 Å². The maximum Gasteiger partial charge on any atom is 0.0387 e. The summed E-state index contributed by atoms with van der Waals surface area (Å²) in [6, 6.07) is 0. The van der Waals surface area contributed by atoms with Crippen LogP contribution < -0.4 is 0 Å². The minimum Gasteiger partial charge on any atom is -0.147 e. The Morgan fingerprint density at radius 2 is 1.38 bits per heavy atom. The van der Waals surface area contributed by atoms with Gasteiger partial charge in [-0.05, 0) is 17.8 Å².